The van der Waals surface area contributed by atoms with E-state index in [1.165, 1.54) is 6.07 Å². The van der Waals surface area contributed by atoms with Crippen molar-refractivity contribution in [1.29, 1.82) is 0 Å². The third-order valence-corrected chi connectivity index (χ3v) is 3.59. The first-order valence-corrected chi connectivity index (χ1v) is 6.53. The zero-order chi connectivity index (χ0) is 14.1. The molecule has 1 aliphatic heterocycles. The molecule has 0 fully saturated rings. The van der Waals surface area contributed by atoms with Crippen LogP contribution in [0.1, 0.15) is 23.7 Å². The molecule has 1 heterocycles. The molecule has 0 spiro atoms. The van der Waals surface area contributed by atoms with Crippen LogP contribution in [0.2, 0.25) is 0 Å². The molecular formula is C16H16O4. The molecule has 0 saturated carbocycles. The van der Waals surface area contributed by atoms with Crippen molar-refractivity contribution in [3.05, 3.63) is 47.5 Å². The summed E-state index contributed by atoms with van der Waals surface area (Å²) in [6, 6.07) is 10.6. The van der Waals surface area contributed by atoms with Crippen molar-refractivity contribution in [3.8, 4) is 23.0 Å². The Labute approximate surface area is 117 Å². The Kier molecular flexibility index (Phi) is 3.14. The molecule has 4 heteroatoms. The molecule has 1 atom stereocenters. The van der Waals surface area contributed by atoms with Crippen LogP contribution < -0.4 is 9.47 Å². The van der Waals surface area contributed by atoms with Gasteiger partial charge in [-0.05, 0) is 42.2 Å². The fraction of sp³-hybridized carbons (Fsp3) is 0.250. The first kappa shape index (κ1) is 12.7. The van der Waals surface area contributed by atoms with Gasteiger partial charge in [0.05, 0.1) is 7.11 Å². The third-order valence-electron chi connectivity index (χ3n) is 3.59. The van der Waals surface area contributed by atoms with E-state index in [0.717, 1.165) is 35.5 Å². The molecule has 2 N–H and O–H groups in total. The SMILES string of the molecule is COc1ccc2c(c1)O[C@H](c1ccc(O)c(O)c1)CC2. The highest BCUT2D eigenvalue weighted by atomic mass is 16.5. The predicted molar refractivity (Wildman–Crippen MR) is 74.5 cm³/mol. The summed E-state index contributed by atoms with van der Waals surface area (Å²) in [6.45, 7) is 0. The number of methoxy groups -OCH3 is 1. The molecule has 0 amide bonds. The minimum atomic E-state index is -0.124. The average Bonchev–Trinajstić information content (AvgIpc) is 2.49. The maximum atomic E-state index is 9.58. The minimum absolute atomic E-state index is 0.119. The molecule has 0 unspecified atom stereocenters. The van der Waals surface area contributed by atoms with Gasteiger partial charge in [-0.1, -0.05) is 12.1 Å². The van der Waals surface area contributed by atoms with Crippen molar-refractivity contribution >= 4 is 0 Å². The maximum Gasteiger partial charge on any atom is 0.157 e. The van der Waals surface area contributed by atoms with E-state index in [2.05, 4.69) is 0 Å². The van der Waals surface area contributed by atoms with Gasteiger partial charge >= 0.3 is 0 Å². The first-order chi connectivity index (χ1) is 9.67. The quantitative estimate of drug-likeness (QED) is 0.824. The number of rotatable bonds is 2. The van der Waals surface area contributed by atoms with Gasteiger partial charge in [-0.3, -0.25) is 0 Å². The van der Waals surface area contributed by atoms with Gasteiger partial charge in [0, 0.05) is 6.07 Å². The van der Waals surface area contributed by atoms with Gasteiger partial charge < -0.3 is 19.7 Å². The molecule has 104 valence electrons. The molecule has 20 heavy (non-hydrogen) atoms. The van der Waals surface area contributed by atoms with Crippen LogP contribution in [0.25, 0.3) is 0 Å². The lowest BCUT2D eigenvalue weighted by Crippen LogP contribution is -2.15. The smallest absolute Gasteiger partial charge is 0.157 e. The lowest BCUT2D eigenvalue weighted by Gasteiger charge is -2.27. The van der Waals surface area contributed by atoms with Gasteiger partial charge in [0.25, 0.3) is 0 Å². The van der Waals surface area contributed by atoms with Gasteiger partial charge in [0.15, 0.2) is 11.5 Å². The van der Waals surface area contributed by atoms with Gasteiger partial charge in [0.1, 0.15) is 17.6 Å². The summed E-state index contributed by atoms with van der Waals surface area (Å²) >= 11 is 0. The fourth-order valence-electron chi connectivity index (χ4n) is 2.45. The molecule has 0 radical (unpaired) electrons. The number of benzene rings is 2. The van der Waals surface area contributed by atoms with Gasteiger partial charge in [-0.25, -0.2) is 0 Å². The Bertz CT molecular complexity index is 636. The Morgan fingerprint density at radius 1 is 1.10 bits per heavy atom. The van der Waals surface area contributed by atoms with Crippen molar-refractivity contribution < 1.29 is 19.7 Å². The number of phenols is 2. The number of fused-ring (bicyclic) bond motifs is 1. The lowest BCUT2D eigenvalue weighted by molar-refractivity contribution is 0.175. The molecular weight excluding hydrogens is 256 g/mol. The van der Waals surface area contributed by atoms with E-state index < -0.39 is 0 Å². The Balaban J connectivity index is 1.89. The summed E-state index contributed by atoms with van der Waals surface area (Å²) < 4.78 is 11.2. The number of ether oxygens (including phenoxy) is 2. The van der Waals surface area contributed by atoms with Crippen molar-refractivity contribution in [1.82, 2.24) is 0 Å². The molecule has 0 bridgehead atoms. The van der Waals surface area contributed by atoms with E-state index in [1.54, 1.807) is 19.2 Å². The summed E-state index contributed by atoms with van der Waals surface area (Å²) in [4.78, 5) is 0. The second-order valence-corrected chi connectivity index (χ2v) is 4.87. The molecule has 3 rings (SSSR count). The maximum absolute atomic E-state index is 9.58. The van der Waals surface area contributed by atoms with Crippen LogP contribution in [0.5, 0.6) is 23.0 Å². The summed E-state index contributed by atoms with van der Waals surface area (Å²) in [5.74, 6) is 1.33. The molecule has 4 nitrogen and oxygen atoms in total. The number of phenolic OH excluding ortho intramolecular Hbond substituents is 2. The highest BCUT2D eigenvalue weighted by Crippen LogP contribution is 2.38. The van der Waals surface area contributed by atoms with Crippen LogP contribution >= 0.6 is 0 Å². The zero-order valence-corrected chi connectivity index (χ0v) is 11.2. The number of hydrogen-bond donors (Lipinski definition) is 2. The van der Waals surface area contributed by atoms with Crippen LogP contribution in [0.15, 0.2) is 36.4 Å². The summed E-state index contributed by atoms with van der Waals surface area (Å²) in [5.41, 5.74) is 2.01. The Morgan fingerprint density at radius 3 is 2.70 bits per heavy atom. The number of aromatic hydroxyl groups is 2. The molecule has 0 aliphatic carbocycles. The summed E-state index contributed by atoms with van der Waals surface area (Å²) in [7, 11) is 1.63. The average molecular weight is 272 g/mol. The van der Waals surface area contributed by atoms with Gasteiger partial charge in [0.2, 0.25) is 0 Å². The van der Waals surface area contributed by atoms with Crippen LogP contribution in [0.3, 0.4) is 0 Å². The highest BCUT2D eigenvalue weighted by molar-refractivity contribution is 5.45. The first-order valence-electron chi connectivity index (χ1n) is 6.53. The highest BCUT2D eigenvalue weighted by Gasteiger charge is 2.22. The second-order valence-electron chi connectivity index (χ2n) is 4.87. The molecule has 0 saturated heterocycles. The van der Waals surface area contributed by atoms with Crippen molar-refractivity contribution in [3.63, 3.8) is 0 Å². The van der Waals surface area contributed by atoms with Crippen molar-refractivity contribution in [2.75, 3.05) is 7.11 Å². The van der Waals surface area contributed by atoms with Crippen molar-refractivity contribution in [2.45, 2.75) is 18.9 Å². The van der Waals surface area contributed by atoms with Gasteiger partial charge in [-0.2, -0.15) is 0 Å². The van der Waals surface area contributed by atoms with E-state index in [4.69, 9.17) is 9.47 Å². The van der Waals surface area contributed by atoms with Gasteiger partial charge in [-0.15, -0.1) is 0 Å². The van der Waals surface area contributed by atoms with E-state index in [0.29, 0.717) is 0 Å². The second kappa shape index (κ2) is 4.96. The molecule has 1 aliphatic rings. The lowest BCUT2D eigenvalue weighted by atomic mass is 9.97. The van der Waals surface area contributed by atoms with Crippen LogP contribution in [-0.4, -0.2) is 17.3 Å². The summed E-state index contributed by atoms with van der Waals surface area (Å²) in [5, 5.41) is 18.9. The summed E-state index contributed by atoms with van der Waals surface area (Å²) in [6.07, 6.45) is 1.62. The fourth-order valence-corrected chi connectivity index (χ4v) is 2.45. The Morgan fingerprint density at radius 2 is 1.95 bits per heavy atom. The van der Waals surface area contributed by atoms with E-state index in [9.17, 15) is 10.2 Å². The topological polar surface area (TPSA) is 58.9 Å². The van der Waals surface area contributed by atoms with Crippen molar-refractivity contribution in [2.24, 2.45) is 0 Å². The number of hydrogen-bond acceptors (Lipinski definition) is 4. The minimum Gasteiger partial charge on any atom is -0.504 e. The Hall–Kier alpha value is -2.36. The molecule has 2 aromatic rings. The standard InChI is InChI=1S/C16H16O4/c1-19-12-5-2-10-4-7-15(20-16(10)9-12)11-3-6-13(17)14(18)8-11/h2-3,5-6,8-9,15,17-18H,4,7H2,1H3/t15-/m0/s1. The van der Waals surface area contributed by atoms with Crippen LogP contribution in [-0.2, 0) is 6.42 Å². The normalized spacial score (nSPS) is 17.1. The zero-order valence-electron chi connectivity index (χ0n) is 11.2. The van der Waals surface area contributed by atoms with E-state index in [1.807, 2.05) is 18.2 Å². The van der Waals surface area contributed by atoms with Crippen LogP contribution in [0.4, 0.5) is 0 Å². The van der Waals surface area contributed by atoms with Crippen LogP contribution in [0, 0.1) is 0 Å². The molecule has 2 aromatic carbocycles. The van der Waals surface area contributed by atoms with E-state index >= 15 is 0 Å². The monoisotopic (exact) mass is 272 g/mol. The molecule has 0 aromatic heterocycles. The number of aryl methyl sites for hydroxylation is 1. The predicted octanol–water partition coefficient (Wildman–Crippen LogP) is 3.17. The largest absolute Gasteiger partial charge is 0.504 e. The third kappa shape index (κ3) is 2.25. The van der Waals surface area contributed by atoms with E-state index in [-0.39, 0.29) is 17.6 Å².